The summed E-state index contributed by atoms with van der Waals surface area (Å²) in [5.74, 6) is 1.02. The lowest BCUT2D eigenvalue weighted by Gasteiger charge is -2.07. The maximum atomic E-state index is 4.39. The van der Waals surface area contributed by atoms with E-state index in [1.165, 1.54) is 0 Å². The van der Waals surface area contributed by atoms with Crippen LogP contribution in [-0.2, 0) is 0 Å². The zero-order chi connectivity index (χ0) is 12.4. The van der Waals surface area contributed by atoms with Crippen molar-refractivity contribution in [2.24, 2.45) is 0 Å². The van der Waals surface area contributed by atoms with Gasteiger partial charge in [-0.1, -0.05) is 13.0 Å². The summed E-state index contributed by atoms with van der Waals surface area (Å²) in [5.41, 5.74) is 0.849. The van der Waals surface area contributed by atoms with Gasteiger partial charge in [0.25, 0.3) is 0 Å². The van der Waals surface area contributed by atoms with E-state index in [1.807, 2.05) is 36.0 Å². The molecule has 0 aromatic carbocycles. The molecule has 0 saturated carbocycles. The molecule has 1 N–H and O–H groups in total. The third-order valence-corrected chi connectivity index (χ3v) is 3.69. The normalized spacial score (nSPS) is 12.7. The SMILES string of the molecule is CC(CNc1nc2ccccn2n1)c1nccs1. The highest BCUT2D eigenvalue weighted by atomic mass is 32.1. The molecule has 0 aliphatic rings. The highest BCUT2D eigenvalue weighted by Crippen LogP contribution is 2.17. The number of nitrogens with one attached hydrogen (secondary N) is 1. The molecule has 1 atom stereocenters. The number of thiazole rings is 1. The van der Waals surface area contributed by atoms with Crippen molar-refractivity contribution in [3.63, 3.8) is 0 Å². The molecule has 0 amide bonds. The van der Waals surface area contributed by atoms with Gasteiger partial charge in [-0.15, -0.1) is 16.4 Å². The van der Waals surface area contributed by atoms with Crippen molar-refractivity contribution in [3.05, 3.63) is 41.0 Å². The number of aromatic nitrogens is 4. The van der Waals surface area contributed by atoms with Gasteiger partial charge in [0.15, 0.2) is 5.65 Å². The first-order valence-electron chi connectivity index (χ1n) is 5.77. The summed E-state index contributed by atoms with van der Waals surface area (Å²) < 4.78 is 1.76. The van der Waals surface area contributed by atoms with Crippen LogP contribution in [0.25, 0.3) is 5.65 Å². The summed E-state index contributed by atoms with van der Waals surface area (Å²) in [7, 11) is 0. The Hall–Kier alpha value is -1.95. The van der Waals surface area contributed by atoms with Crippen molar-refractivity contribution in [3.8, 4) is 0 Å². The number of pyridine rings is 1. The molecule has 5 nitrogen and oxygen atoms in total. The van der Waals surface area contributed by atoms with E-state index in [9.17, 15) is 0 Å². The standard InChI is InChI=1S/C12H13N5S/c1-9(11-13-5-7-18-11)8-14-12-15-10-4-2-3-6-17(10)16-12/h2-7,9H,8H2,1H3,(H,14,16). The van der Waals surface area contributed by atoms with Crippen LogP contribution in [0.15, 0.2) is 36.0 Å². The molecule has 0 radical (unpaired) electrons. The van der Waals surface area contributed by atoms with Gasteiger partial charge in [-0.3, -0.25) is 0 Å². The van der Waals surface area contributed by atoms with Gasteiger partial charge in [-0.25, -0.2) is 9.50 Å². The highest BCUT2D eigenvalue weighted by molar-refractivity contribution is 7.09. The lowest BCUT2D eigenvalue weighted by Crippen LogP contribution is -2.10. The molecule has 18 heavy (non-hydrogen) atoms. The number of hydrogen-bond donors (Lipinski definition) is 1. The summed E-state index contributed by atoms with van der Waals surface area (Å²) in [6.07, 6.45) is 3.72. The maximum absolute atomic E-state index is 4.39. The Morgan fingerprint density at radius 2 is 2.39 bits per heavy atom. The van der Waals surface area contributed by atoms with E-state index in [0.29, 0.717) is 11.9 Å². The predicted octanol–water partition coefficient (Wildman–Crippen LogP) is 2.40. The van der Waals surface area contributed by atoms with Gasteiger partial charge in [-0.2, -0.15) is 4.98 Å². The Labute approximate surface area is 109 Å². The van der Waals surface area contributed by atoms with Gasteiger partial charge in [0, 0.05) is 30.2 Å². The van der Waals surface area contributed by atoms with Crippen LogP contribution in [0.3, 0.4) is 0 Å². The van der Waals surface area contributed by atoms with E-state index in [0.717, 1.165) is 17.2 Å². The van der Waals surface area contributed by atoms with E-state index >= 15 is 0 Å². The van der Waals surface area contributed by atoms with Gasteiger partial charge in [-0.05, 0) is 12.1 Å². The van der Waals surface area contributed by atoms with Crippen molar-refractivity contribution in [2.75, 3.05) is 11.9 Å². The number of fused-ring (bicyclic) bond motifs is 1. The summed E-state index contributed by atoms with van der Waals surface area (Å²) in [4.78, 5) is 8.69. The monoisotopic (exact) mass is 259 g/mol. The van der Waals surface area contributed by atoms with Gasteiger partial charge in [0.2, 0.25) is 5.95 Å². The Balaban J connectivity index is 1.69. The lowest BCUT2D eigenvalue weighted by atomic mass is 10.2. The van der Waals surface area contributed by atoms with E-state index < -0.39 is 0 Å². The fraction of sp³-hybridized carbons (Fsp3) is 0.250. The molecule has 0 bridgehead atoms. The molecule has 3 aromatic heterocycles. The van der Waals surface area contributed by atoms with Gasteiger partial charge < -0.3 is 5.32 Å². The molecule has 0 aliphatic carbocycles. The number of hydrogen-bond acceptors (Lipinski definition) is 5. The third-order valence-electron chi connectivity index (χ3n) is 2.68. The van der Waals surface area contributed by atoms with Crippen LogP contribution in [0.2, 0.25) is 0 Å². The second-order valence-corrected chi connectivity index (χ2v) is 5.02. The van der Waals surface area contributed by atoms with Crippen LogP contribution >= 0.6 is 11.3 Å². The summed E-state index contributed by atoms with van der Waals surface area (Å²) in [6, 6.07) is 5.82. The molecule has 1 unspecified atom stereocenters. The van der Waals surface area contributed by atoms with Crippen molar-refractivity contribution in [2.45, 2.75) is 12.8 Å². The first-order chi connectivity index (χ1) is 8.83. The first-order valence-corrected chi connectivity index (χ1v) is 6.65. The minimum atomic E-state index is 0.358. The van der Waals surface area contributed by atoms with E-state index in [4.69, 9.17) is 0 Å². The number of anilines is 1. The average molecular weight is 259 g/mol. The molecule has 3 aromatic rings. The van der Waals surface area contributed by atoms with E-state index in [2.05, 4.69) is 27.3 Å². The third kappa shape index (κ3) is 2.19. The Morgan fingerprint density at radius 1 is 1.44 bits per heavy atom. The number of rotatable bonds is 4. The van der Waals surface area contributed by atoms with Gasteiger partial charge in [0.1, 0.15) is 0 Å². The topological polar surface area (TPSA) is 55.1 Å². The predicted molar refractivity (Wildman–Crippen MR) is 72.0 cm³/mol. The largest absolute Gasteiger partial charge is 0.352 e. The van der Waals surface area contributed by atoms with Gasteiger partial charge >= 0.3 is 0 Å². The minimum Gasteiger partial charge on any atom is -0.352 e. The van der Waals surface area contributed by atoms with Crippen molar-refractivity contribution < 1.29 is 0 Å². The quantitative estimate of drug-likeness (QED) is 0.781. The van der Waals surface area contributed by atoms with Crippen LogP contribution in [0.1, 0.15) is 17.8 Å². The van der Waals surface area contributed by atoms with Crippen LogP contribution in [0.5, 0.6) is 0 Å². The van der Waals surface area contributed by atoms with Crippen molar-refractivity contribution in [1.29, 1.82) is 0 Å². The molecule has 0 spiro atoms. The molecule has 92 valence electrons. The zero-order valence-electron chi connectivity index (χ0n) is 9.95. The van der Waals surface area contributed by atoms with Crippen LogP contribution in [-0.4, -0.2) is 26.1 Å². The molecular formula is C12H13N5S. The molecule has 6 heteroatoms. The molecule has 0 saturated heterocycles. The summed E-state index contributed by atoms with van der Waals surface area (Å²) in [5, 5.41) is 10.7. The van der Waals surface area contributed by atoms with E-state index in [1.54, 1.807) is 15.9 Å². The molecule has 3 rings (SSSR count). The van der Waals surface area contributed by atoms with Crippen LogP contribution in [0, 0.1) is 0 Å². The smallest absolute Gasteiger partial charge is 0.243 e. The summed E-state index contributed by atoms with van der Waals surface area (Å²) >= 11 is 1.67. The summed E-state index contributed by atoms with van der Waals surface area (Å²) in [6.45, 7) is 2.92. The molecule has 3 heterocycles. The fourth-order valence-corrected chi connectivity index (χ4v) is 2.41. The molecule has 0 fully saturated rings. The lowest BCUT2D eigenvalue weighted by molar-refractivity contribution is 0.786. The Morgan fingerprint density at radius 3 is 3.17 bits per heavy atom. The van der Waals surface area contributed by atoms with Crippen LogP contribution < -0.4 is 5.32 Å². The van der Waals surface area contributed by atoms with Crippen molar-refractivity contribution in [1.82, 2.24) is 19.6 Å². The van der Waals surface area contributed by atoms with Gasteiger partial charge in [0.05, 0.1) is 5.01 Å². The fourth-order valence-electron chi connectivity index (χ4n) is 1.72. The Bertz CT molecular complexity index is 598. The number of nitrogens with zero attached hydrogens (tertiary/aromatic N) is 4. The van der Waals surface area contributed by atoms with Crippen LogP contribution in [0.4, 0.5) is 5.95 Å². The minimum absolute atomic E-state index is 0.358. The Kier molecular flexibility index (Phi) is 2.93. The first kappa shape index (κ1) is 11.2. The molecular weight excluding hydrogens is 246 g/mol. The maximum Gasteiger partial charge on any atom is 0.243 e. The second-order valence-electron chi connectivity index (χ2n) is 4.09. The molecule has 0 aliphatic heterocycles. The average Bonchev–Trinajstić information content (AvgIpc) is 3.04. The van der Waals surface area contributed by atoms with Crippen molar-refractivity contribution >= 4 is 22.9 Å². The highest BCUT2D eigenvalue weighted by Gasteiger charge is 2.09. The zero-order valence-corrected chi connectivity index (χ0v) is 10.8. The second kappa shape index (κ2) is 4.73. The van der Waals surface area contributed by atoms with E-state index in [-0.39, 0.29) is 0 Å².